The maximum atomic E-state index is 4.30. The van der Waals surface area contributed by atoms with Gasteiger partial charge in [0.05, 0.1) is 5.69 Å². The second-order valence-electron chi connectivity index (χ2n) is 3.01. The van der Waals surface area contributed by atoms with E-state index in [0.29, 0.717) is 0 Å². The molecule has 1 rings (SSSR count). The van der Waals surface area contributed by atoms with E-state index in [-0.39, 0.29) is 0 Å². The molecule has 0 fully saturated rings. The summed E-state index contributed by atoms with van der Waals surface area (Å²) in [4.78, 5) is 4.30. The standard InChI is InChI=1S/C12H13N/c1-10(2)6-4-8-12-9-5-7-11(3)13-12/h5-9H,1H2,2-3H3. The summed E-state index contributed by atoms with van der Waals surface area (Å²) in [5.41, 5.74) is 5.95. The maximum Gasteiger partial charge on any atom is 0.0709 e. The number of aryl methyl sites for hydroxylation is 1. The van der Waals surface area contributed by atoms with E-state index in [9.17, 15) is 0 Å². The van der Waals surface area contributed by atoms with Gasteiger partial charge in [0.2, 0.25) is 0 Å². The first-order valence-corrected chi connectivity index (χ1v) is 4.20. The smallest absolute Gasteiger partial charge is 0.0709 e. The lowest BCUT2D eigenvalue weighted by Crippen LogP contribution is -1.82. The summed E-state index contributed by atoms with van der Waals surface area (Å²) >= 11 is 0. The van der Waals surface area contributed by atoms with Crippen LogP contribution in [0.4, 0.5) is 0 Å². The molecule has 1 heterocycles. The van der Waals surface area contributed by atoms with Crippen LogP contribution in [0.5, 0.6) is 0 Å². The van der Waals surface area contributed by atoms with Crippen LogP contribution in [0.25, 0.3) is 6.08 Å². The molecular weight excluding hydrogens is 158 g/mol. The molecule has 0 spiro atoms. The van der Waals surface area contributed by atoms with Gasteiger partial charge in [-0.1, -0.05) is 18.2 Å². The molecule has 0 aliphatic heterocycles. The Morgan fingerprint density at radius 2 is 2.31 bits per heavy atom. The first kappa shape index (κ1) is 9.50. The number of hydrogen-bond acceptors (Lipinski definition) is 1. The second kappa shape index (κ2) is 4.44. The van der Waals surface area contributed by atoms with E-state index in [1.807, 2.05) is 44.2 Å². The van der Waals surface area contributed by atoms with E-state index < -0.39 is 0 Å². The van der Waals surface area contributed by atoms with Crippen molar-refractivity contribution < 1.29 is 0 Å². The zero-order chi connectivity index (χ0) is 9.68. The lowest BCUT2D eigenvalue weighted by Gasteiger charge is -1.91. The highest BCUT2D eigenvalue weighted by Gasteiger charge is 1.86. The van der Waals surface area contributed by atoms with Crippen molar-refractivity contribution in [1.82, 2.24) is 4.98 Å². The van der Waals surface area contributed by atoms with Gasteiger partial charge in [-0.3, -0.25) is 4.98 Å². The Labute approximate surface area is 79.1 Å². The fraction of sp³-hybridized carbons (Fsp3) is 0.167. The van der Waals surface area contributed by atoms with Crippen LogP contribution in [0, 0.1) is 6.92 Å². The van der Waals surface area contributed by atoms with E-state index in [0.717, 1.165) is 17.0 Å². The van der Waals surface area contributed by atoms with Crippen molar-refractivity contribution in [2.45, 2.75) is 13.8 Å². The number of rotatable bonds is 2. The predicted octanol–water partition coefficient (Wildman–Crippen LogP) is 3.13. The Bertz CT molecular complexity index is 368. The minimum absolute atomic E-state index is 0.928. The van der Waals surface area contributed by atoms with Gasteiger partial charge < -0.3 is 0 Å². The summed E-state index contributed by atoms with van der Waals surface area (Å²) in [5, 5.41) is 0. The molecule has 0 saturated heterocycles. The lowest BCUT2D eigenvalue weighted by atomic mass is 10.3. The third-order valence-corrected chi connectivity index (χ3v) is 1.47. The fourth-order valence-electron chi connectivity index (χ4n) is 0.914. The minimum Gasteiger partial charge on any atom is -0.253 e. The van der Waals surface area contributed by atoms with Crippen LogP contribution < -0.4 is 0 Å². The molecule has 0 unspecified atom stereocenters. The molecule has 0 radical (unpaired) electrons. The van der Waals surface area contributed by atoms with Gasteiger partial charge in [-0.05, 0) is 32.1 Å². The van der Waals surface area contributed by atoms with E-state index in [1.54, 1.807) is 0 Å². The molecule has 1 aromatic rings. The molecule has 0 N–H and O–H groups in total. The second-order valence-corrected chi connectivity index (χ2v) is 3.01. The van der Waals surface area contributed by atoms with Crippen LogP contribution in [-0.2, 0) is 0 Å². The van der Waals surface area contributed by atoms with E-state index in [1.165, 1.54) is 0 Å². The Balaban J connectivity index is 2.86. The first-order valence-electron chi connectivity index (χ1n) is 4.20. The number of hydrogen-bond donors (Lipinski definition) is 0. The highest BCUT2D eigenvalue weighted by atomic mass is 14.7. The molecule has 0 aliphatic rings. The SMILES string of the molecule is C=C(C)C=C=Cc1cccc(C)n1. The number of pyridine rings is 1. The van der Waals surface area contributed by atoms with Crippen molar-refractivity contribution in [2.24, 2.45) is 0 Å². The average Bonchev–Trinajstić information content (AvgIpc) is 2.03. The zero-order valence-corrected chi connectivity index (χ0v) is 8.04. The Morgan fingerprint density at radius 3 is 2.92 bits per heavy atom. The number of allylic oxidation sites excluding steroid dienone is 2. The van der Waals surface area contributed by atoms with Crippen molar-refractivity contribution in [3.05, 3.63) is 53.5 Å². The van der Waals surface area contributed by atoms with Crippen LogP contribution in [0.15, 0.2) is 42.2 Å². The van der Waals surface area contributed by atoms with Crippen LogP contribution >= 0.6 is 0 Å². The Morgan fingerprint density at radius 1 is 1.54 bits per heavy atom. The van der Waals surface area contributed by atoms with Crippen LogP contribution in [0.2, 0.25) is 0 Å². The van der Waals surface area contributed by atoms with Gasteiger partial charge in [-0.2, -0.15) is 0 Å². The number of nitrogens with zero attached hydrogens (tertiary/aromatic N) is 1. The molecule has 13 heavy (non-hydrogen) atoms. The van der Waals surface area contributed by atoms with Gasteiger partial charge in [-0.15, -0.1) is 5.73 Å². The van der Waals surface area contributed by atoms with Gasteiger partial charge in [0.25, 0.3) is 0 Å². The monoisotopic (exact) mass is 171 g/mol. The molecule has 0 amide bonds. The van der Waals surface area contributed by atoms with Crippen molar-refractivity contribution in [3.63, 3.8) is 0 Å². The van der Waals surface area contributed by atoms with Gasteiger partial charge in [0.15, 0.2) is 0 Å². The topological polar surface area (TPSA) is 12.9 Å². The summed E-state index contributed by atoms with van der Waals surface area (Å²) in [6, 6.07) is 5.91. The molecule has 0 aliphatic carbocycles. The molecule has 1 nitrogen and oxygen atoms in total. The molecule has 1 heteroatoms. The molecule has 0 saturated carbocycles. The molecule has 0 atom stereocenters. The largest absolute Gasteiger partial charge is 0.253 e. The maximum absolute atomic E-state index is 4.30. The van der Waals surface area contributed by atoms with Crippen molar-refractivity contribution in [3.8, 4) is 0 Å². The fourth-order valence-corrected chi connectivity index (χ4v) is 0.914. The highest BCUT2D eigenvalue weighted by Crippen LogP contribution is 1.99. The van der Waals surface area contributed by atoms with Crippen LogP contribution in [0.3, 0.4) is 0 Å². The highest BCUT2D eigenvalue weighted by molar-refractivity contribution is 5.44. The summed E-state index contributed by atoms with van der Waals surface area (Å²) < 4.78 is 0. The number of aromatic nitrogens is 1. The van der Waals surface area contributed by atoms with Crippen molar-refractivity contribution in [2.75, 3.05) is 0 Å². The Kier molecular flexibility index (Phi) is 3.24. The summed E-state index contributed by atoms with van der Waals surface area (Å²) in [6.45, 7) is 7.65. The van der Waals surface area contributed by atoms with E-state index in [4.69, 9.17) is 0 Å². The van der Waals surface area contributed by atoms with Crippen molar-refractivity contribution in [1.29, 1.82) is 0 Å². The zero-order valence-electron chi connectivity index (χ0n) is 8.04. The molecule has 0 aromatic carbocycles. The minimum atomic E-state index is 0.928. The summed E-state index contributed by atoms with van der Waals surface area (Å²) in [6.07, 6.45) is 3.69. The predicted molar refractivity (Wildman–Crippen MR) is 56.3 cm³/mol. The quantitative estimate of drug-likeness (QED) is 0.492. The van der Waals surface area contributed by atoms with Crippen LogP contribution in [-0.4, -0.2) is 4.98 Å². The Hall–Kier alpha value is -1.59. The molecule has 1 aromatic heterocycles. The lowest BCUT2D eigenvalue weighted by molar-refractivity contribution is 1.18. The van der Waals surface area contributed by atoms with Gasteiger partial charge in [0, 0.05) is 11.8 Å². The summed E-state index contributed by atoms with van der Waals surface area (Å²) in [7, 11) is 0. The normalized spacial score (nSPS) is 8.77. The van der Waals surface area contributed by atoms with Crippen LogP contribution in [0.1, 0.15) is 18.3 Å². The van der Waals surface area contributed by atoms with E-state index in [2.05, 4.69) is 17.3 Å². The van der Waals surface area contributed by atoms with Gasteiger partial charge in [0.1, 0.15) is 0 Å². The molecule has 0 bridgehead atoms. The first-order chi connectivity index (χ1) is 6.18. The average molecular weight is 171 g/mol. The molecular formula is C12H13N. The summed E-state index contributed by atoms with van der Waals surface area (Å²) in [5.74, 6) is 0. The third kappa shape index (κ3) is 3.55. The van der Waals surface area contributed by atoms with Gasteiger partial charge in [-0.25, -0.2) is 0 Å². The van der Waals surface area contributed by atoms with E-state index >= 15 is 0 Å². The third-order valence-electron chi connectivity index (χ3n) is 1.47. The van der Waals surface area contributed by atoms with Gasteiger partial charge >= 0.3 is 0 Å². The van der Waals surface area contributed by atoms with Crippen molar-refractivity contribution >= 4 is 6.08 Å². The molecule has 66 valence electrons.